The maximum atomic E-state index is 14.0. The Bertz CT molecular complexity index is 1150. The van der Waals surface area contributed by atoms with E-state index >= 15 is 0 Å². The van der Waals surface area contributed by atoms with Crippen molar-refractivity contribution < 1.29 is 17.5 Å². The fraction of sp³-hybridized carbons (Fsp3) is 0.458. The van der Waals surface area contributed by atoms with Crippen LogP contribution >= 0.6 is 0 Å². The van der Waals surface area contributed by atoms with Gasteiger partial charge >= 0.3 is 10.2 Å². The summed E-state index contributed by atoms with van der Waals surface area (Å²) in [6.07, 6.45) is 1.63. The molecular weight excluding hydrogens is 443 g/mol. The van der Waals surface area contributed by atoms with Crippen molar-refractivity contribution in [2.45, 2.75) is 44.3 Å². The lowest BCUT2D eigenvalue weighted by molar-refractivity contribution is 0.100. The summed E-state index contributed by atoms with van der Waals surface area (Å²) in [6.45, 7) is 4.29. The second-order valence-electron chi connectivity index (χ2n) is 8.91. The van der Waals surface area contributed by atoms with Crippen molar-refractivity contribution in [1.82, 2.24) is 9.21 Å². The van der Waals surface area contributed by atoms with Gasteiger partial charge < -0.3 is 4.74 Å². The van der Waals surface area contributed by atoms with Crippen LogP contribution in [0.5, 0.6) is 5.75 Å². The monoisotopic (exact) mass is 472 g/mol. The summed E-state index contributed by atoms with van der Waals surface area (Å²) < 4.78 is 48.8. The van der Waals surface area contributed by atoms with Crippen LogP contribution in [0.15, 0.2) is 48.5 Å². The number of ether oxygens (including phenoxy) is 1. The molecule has 2 aliphatic heterocycles. The molecule has 33 heavy (non-hydrogen) atoms. The Hall–Kier alpha value is -2.67. The van der Waals surface area contributed by atoms with Crippen molar-refractivity contribution in [2.75, 3.05) is 31.0 Å². The SMILES string of the molecule is C[C@H]1C[C@]2(CCN1Cc1cccc(OCCC#N)c1)CN(C)S(=O)(=O)N2c1cccc(F)c1. The molecule has 9 heteroatoms. The van der Waals surface area contributed by atoms with Gasteiger partial charge in [0, 0.05) is 32.7 Å². The van der Waals surface area contributed by atoms with Gasteiger partial charge in [-0.25, -0.2) is 4.39 Å². The maximum Gasteiger partial charge on any atom is 0.304 e. The van der Waals surface area contributed by atoms with Gasteiger partial charge in [0.2, 0.25) is 0 Å². The van der Waals surface area contributed by atoms with Crippen molar-refractivity contribution in [2.24, 2.45) is 0 Å². The van der Waals surface area contributed by atoms with Crippen LogP contribution in [-0.2, 0) is 16.8 Å². The highest BCUT2D eigenvalue weighted by Crippen LogP contribution is 2.44. The summed E-state index contributed by atoms with van der Waals surface area (Å²) in [7, 11) is -2.13. The summed E-state index contributed by atoms with van der Waals surface area (Å²) in [5.41, 5.74) is 0.868. The van der Waals surface area contributed by atoms with E-state index in [1.165, 1.54) is 20.7 Å². The molecule has 2 fully saturated rings. The molecule has 0 bridgehead atoms. The molecule has 176 valence electrons. The first-order chi connectivity index (χ1) is 15.7. The van der Waals surface area contributed by atoms with Crippen LogP contribution in [0.25, 0.3) is 0 Å². The molecule has 4 rings (SSSR count). The van der Waals surface area contributed by atoms with E-state index < -0.39 is 21.6 Å². The minimum atomic E-state index is -3.72. The summed E-state index contributed by atoms with van der Waals surface area (Å²) in [6, 6.07) is 15.9. The quantitative estimate of drug-likeness (QED) is 0.601. The first-order valence-electron chi connectivity index (χ1n) is 11.1. The highest BCUT2D eigenvalue weighted by Gasteiger charge is 2.55. The highest BCUT2D eigenvalue weighted by atomic mass is 32.2. The van der Waals surface area contributed by atoms with E-state index in [0.717, 1.165) is 24.4 Å². The van der Waals surface area contributed by atoms with Crippen LogP contribution in [-0.4, -0.2) is 55.9 Å². The Labute approximate surface area is 195 Å². The summed E-state index contributed by atoms with van der Waals surface area (Å²) in [5.74, 6) is 0.291. The Morgan fingerprint density at radius 2 is 2.03 bits per heavy atom. The smallest absolute Gasteiger partial charge is 0.304 e. The number of halogens is 1. The van der Waals surface area contributed by atoms with Crippen molar-refractivity contribution in [1.29, 1.82) is 5.26 Å². The normalized spacial score (nSPS) is 25.3. The van der Waals surface area contributed by atoms with E-state index in [0.29, 0.717) is 38.1 Å². The number of benzene rings is 2. The standard InChI is InChI=1S/C24H29FN4O3S/c1-19-16-24(18-27(2)33(30,31)29(24)22-8-4-7-21(25)15-22)10-12-28(19)17-20-6-3-9-23(14-20)32-13-5-11-26/h3-4,6-9,14-15,19H,5,10,12-13,16-18H2,1-2H3/t19-,24+/m0/s1. The first-order valence-corrected chi connectivity index (χ1v) is 12.5. The number of likely N-dealkylation sites (tertiary alicyclic amines) is 1. The van der Waals surface area contributed by atoms with Gasteiger partial charge in [-0.3, -0.25) is 9.21 Å². The van der Waals surface area contributed by atoms with Crippen LogP contribution in [0.4, 0.5) is 10.1 Å². The average Bonchev–Trinajstić information content (AvgIpc) is 2.95. The lowest BCUT2D eigenvalue weighted by atomic mass is 9.82. The molecule has 0 unspecified atom stereocenters. The summed E-state index contributed by atoms with van der Waals surface area (Å²) in [5, 5.41) is 8.69. The van der Waals surface area contributed by atoms with E-state index in [4.69, 9.17) is 10.00 Å². The zero-order chi connectivity index (χ0) is 23.6. The van der Waals surface area contributed by atoms with Gasteiger partial charge in [-0.2, -0.15) is 18.0 Å². The van der Waals surface area contributed by atoms with Gasteiger partial charge in [0.25, 0.3) is 0 Å². The molecule has 2 heterocycles. The molecule has 0 aliphatic carbocycles. The van der Waals surface area contributed by atoms with E-state index in [9.17, 15) is 12.8 Å². The van der Waals surface area contributed by atoms with Crippen molar-refractivity contribution in [3.05, 3.63) is 59.9 Å². The topological polar surface area (TPSA) is 76.9 Å². The molecule has 2 aromatic carbocycles. The molecule has 0 radical (unpaired) electrons. The minimum absolute atomic E-state index is 0.125. The summed E-state index contributed by atoms with van der Waals surface area (Å²) >= 11 is 0. The Balaban J connectivity index is 1.52. The van der Waals surface area contributed by atoms with Gasteiger partial charge in [0.05, 0.1) is 23.7 Å². The van der Waals surface area contributed by atoms with E-state index in [1.807, 2.05) is 24.3 Å². The van der Waals surface area contributed by atoms with E-state index in [2.05, 4.69) is 17.9 Å². The molecule has 2 aliphatic rings. The predicted molar refractivity (Wildman–Crippen MR) is 124 cm³/mol. The number of hydrogen-bond donors (Lipinski definition) is 0. The molecule has 2 saturated heterocycles. The van der Waals surface area contributed by atoms with E-state index in [1.54, 1.807) is 19.2 Å². The molecule has 2 aromatic rings. The second-order valence-corrected chi connectivity index (χ2v) is 10.8. The van der Waals surface area contributed by atoms with Gasteiger partial charge in [0.15, 0.2) is 0 Å². The summed E-state index contributed by atoms with van der Waals surface area (Å²) in [4.78, 5) is 2.34. The molecule has 0 saturated carbocycles. The predicted octanol–water partition coefficient (Wildman–Crippen LogP) is 3.54. The number of anilines is 1. The maximum absolute atomic E-state index is 14.0. The number of hydrogen-bond acceptors (Lipinski definition) is 5. The molecule has 0 amide bonds. The lowest BCUT2D eigenvalue weighted by Gasteiger charge is -2.47. The van der Waals surface area contributed by atoms with Crippen molar-refractivity contribution in [3.8, 4) is 11.8 Å². The number of rotatable bonds is 6. The zero-order valence-electron chi connectivity index (χ0n) is 18.9. The lowest BCUT2D eigenvalue weighted by Crippen LogP contribution is -2.57. The fourth-order valence-electron chi connectivity index (χ4n) is 5.05. The molecule has 0 N–H and O–H groups in total. The van der Waals surface area contributed by atoms with Crippen LogP contribution < -0.4 is 9.04 Å². The third kappa shape index (κ3) is 4.69. The number of piperidine rings is 1. The number of nitriles is 1. The van der Waals surface area contributed by atoms with Gasteiger partial charge in [-0.05, 0) is 55.7 Å². The van der Waals surface area contributed by atoms with Gasteiger partial charge in [-0.15, -0.1) is 0 Å². The van der Waals surface area contributed by atoms with Crippen molar-refractivity contribution in [3.63, 3.8) is 0 Å². The largest absolute Gasteiger partial charge is 0.493 e. The highest BCUT2D eigenvalue weighted by molar-refractivity contribution is 7.90. The van der Waals surface area contributed by atoms with Crippen molar-refractivity contribution >= 4 is 15.9 Å². The molecule has 2 atom stereocenters. The van der Waals surface area contributed by atoms with Crippen LogP contribution in [0, 0.1) is 17.1 Å². The molecule has 1 spiro atoms. The van der Waals surface area contributed by atoms with Crippen LogP contribution in [0.2, 0.25) is 0 Å². The third-order valence-electron chi connectivity index (χ3n) is 6.54. The Morgan fingerprint density at radius 1 is 1.24 bits per heavy atom. The zero-order valence-corrected chi connectivity index (χ0v) is 19.8. The van der Waals surface area contributed by atoms with Gasteiger partial charge in [0.1, 0.15) is 18.2 Å². The van der Waals surface area contributed by atoms with Crippen LogP contribution in [0.3, 0.4) is 0 Å². The minimum Gasteiger partial charge on any atom is -0.493 e. The first kappa shape index (κ1) is 23.5. The number of nitrogens with zero attached hydrogens (tertiary/aromatic N) is 4. The Morgan fingerprint density at radius 3 is 2.76 bits per heavy atom. The number of likely N-dealkylation sites (N-methyl/N-ethyl adjacent to an activating group) is 1. The third-order valence-corrected chi connectivity index (χ3v) is 8.52. The van der Waals surface area contributed by atoms with Gasteiger partial charge in [-0.1, -0.05) is 18.2 Å². The van der Waals surface area contributed by atoms with E-state index in [-0.39, 0.29) is 6.04 Å². The second kappa shape index (κ2) is 9.29. The fourth-order valence-corrected chi connectivity index (χ4v) is 6.83. The average molecular weight is 473 g/mol. The van der Waals surface area contributed by atoms with Crippen LogP contribution in [0.1, 0.15) is 31.7 Å². The Kier molecular flexibility index (Phi) is 6.61. The molecular formula is C24H29FN4O3S. The molecule has 7 nitrogen and oxygen atoms in total. The molecule has 0 aromatic heterocycles.